The third kappa shape index (κ3) is 3.53. The van der Waals surface area contributed by atoms with Gasteiger partial charge in [0.25, 0.3) is 0 Å². The Morgan fingerprint density at radius 1 is 1.04 bits per heavy atom. The number of halogens is 3. The number of pyridine rings is 1. The van der Waals surface area contributed by atoms with E-state index in [0.29, 0.717) is 22.9 Å². The Bertz CT molecular complexity index is 1120. The second-order valence-electron chi connectivity index (χ2n) is 5.67. The van der Waals surface area contributed by atoms with Crippen LogP contribution in [0.5, 0.6) is 0 Å². The number of benzene rings is 2. The highest BCUT2D eigenvalue weighted by molar-refractivity contribution is 9.10. The fourth-order valence-corrected chi connectivity index (χ4v) is 3.52. The van der Waals surface area contributed by atoms with Gasteiger partial charge in [-0.25, -0.2) is 22.3 Å². The van der Waals surface area contributed by atoms with Gasteiger partial charge in [-0.15, -0.1) is 0 Å². The van der Waals surface area contributed by atoms with Crippen LogP contribution in [0.2, 0.25) is 0 Å². The van der Waals surface area contributed by atoms with Gasteiger partial charge < -0.3 is 0 Å². The molecule has 0 saturated carbocycles. The largest absolute Gasteiger partial charge is 0.256 e. The van der Waals surface area contributed by atoms with Gasteiger partial charge >= 0.3 is 0 Å². The maximum Gasteiger partial charge on any atom is 0.241 e. The smallest absolute Gasteiger partial charge is 0.241 e. The lowest BCUT2D eigenvalue weighted by molar-refractivity contribution is 0.555. The average Bonchev–Trinajstić information content (AvgIpc) is 2.58. The monoisotopic (exact) mass is 438 g/mol. The Morgan fingerprint density at radius 3 is 2.42 bits per heavy atom. The molecule has 0 saturated heterocycles. The van der Waals surface area contributed by atoms with Crippen molar-refractivity contribution in [3.8, 4) is 22.4 Å². The average molecular weight is 439 g/mol. The molecule has 8 heteroatoms. The molecule has 0 radical (unpaired) electrons. The summed E-state index contributed by atoms with van der Waals surface area (Å²) < 4.78 is 52.4. The van der Waals surface area contributed by atoms with E-state index in [0.717, 1.165) is 16.1 Å². The summed E-state index contributed by atoms with van der Waals surface area (Å²) in [6.07, 6.45) is 1.54. The third-order valence-corrected chi connectivity index (χ3v) is 5.65. The number of hydrogen-bond acceptors (Lipinski definition) is 3. The van der Waals surface area contributed by atoms with Gasteiger partial charge in [-0.3, -0.25) is 4.98 Å². The summed E-state index contributed by atoms with van der Waals surface area (Å²) in [6, 6.07) is 10.1. The molecule has 26 heavy (non-hydrogen) atoms. The molecule has 3 aromatic rings. The van der Waals surface area contributed by atoms with Crippen molar-refractivity contribution in [1.82, 2.24) is 4.98 Å². The number of hydrogen-bond donors (Lipinski definition) is 1. The van der Waals surface area contributed by atoms with Crippen molar-refractivity contribution in [2.75, 3.05) is 0 Å². The van der Waals surface area contributed by atoms with Gasteiger partial charge in [0, 0.05) is 27.4 Å². The quantitative estimate of drug-likeness (QED) is 0.657. The number of nitrogens with zero attached hydrogens (tertiary/aromatic N) is 1. The molecule has 2 N–H and O–H groups in total. The van der Waals surface area contributed by atoms with Crippen molar-refractivity contribution in [1.29, 1.82) is 0 Å². The van der Waals surface area contributed by atoms with E-state index < -0.39 is 26.6 Å². The van der Waals surface area contributed by atoms with Crippen LogP contribution in [0.4, 0.5) is 8.78 Å². The SMILES string of the molecule is Cc1ccc(-c2ncccc2-c2cc(F)c(S(N)(=O)=O)cc2F)cc1Br. The van der Waals surface area contributed by atoms with E-state index in [2.05, 4.69) is 20.9 Å². The van der Waals surface area contributed by atoms with Crippen molar-refractivity contribution in [3.63, 3.8) is 0 Å². The number of aryl methyl sites for hydroxylation is 1. The van der Waals surface area contributed by atoms with E-state index in [1.165, 1.54) is 0 Å². The van der Waals surface area contributed by atoms with E-state index in [9.17, 15) is 17.2 Å². The van der Waals surface area contributed by atoms with Crippen LogP contribution in [0.15, 0.2) is 58.0 Å². The molecule has 4 nitrogen and oxygen atoms in total. The van der Waals surface area contributed by atoms with Gasteiger partial charge in [-0.2, -0.15) is 0 Å². The van der Waals surface area contributed by atoms with E-state index in [-0.39, 0.29) is 5.56 Å². The standard InChI is InChI=1S/C18H13BrF2N2O2S/c1-10-4-5-11(7-14(10)19)18-12(3-2-6-23-18)13-8-16(21)17(9-15(13)20)26(22,24)25/h2-9H,1H3,(H2,22,24,25). The van der Waals surface area contributed by atoms with Crippen molar-refractivity contribution in [3.05, 3.63) is 70.3 Å². The van der Waals surface area contributed by atoms with Gasteiger partial charge in [-0.1, -0.05) is 34.1 Å². The lowest BCUT2D eigenvalue weighted by Crippen LogP contribution is -2.14. The van der Waals surface area contributed by atoms with Crippen LogP contribution in [-0.2, 0) is 10.0 Å². The van der Waals surface area contributed by atoms with Crippen molar-refractivity contribution < 1.29 is 17.2 Å². The van der Waals surface area contributed by atoms with Gasteiger partial charge in [0.15, 0.2) is 0 Å². The van der Waals surface area contributed by atoms with E-state index in [4.69, 9.17) is 5.14 Å². The molecule has 0 spiro atoms. The van der Waals surface area contributed by atoms with Gasteiger partial charge in [0.1, 0.15) is 16.5 Å². The summed E-state index contributed by atoms with van der Waals surface area (Å²) in [4.78, 5) is 3.40. The number of rotatable bonds is 3. The molecule has 0 fully saturated rings. The van der Waals surface area contributed by atoms with Crippen molar-refractivity contribution >= 4 is 26.0 Å². The minimum atomic E-state index is -4.36. The number of nitrogens with two attached hydrogens (primary N) is 1. The minimum absolute atomic E-state index is 0.102. The summed E-state index contributed by atoms with van der Waals surface area (Å²) >= 11 is 3.44. The molecule has 1 heterocycles. The van der Waals surface area contributed by atoms with Gasteiger partial charge in [0.2, 0.25) is 10.0 Å². The molecule has 0 bridgehead atoms. The summed E-state index contributed by atoms with van der Waals surface area (Å²) in [5, 5.41) is 4.91. The van der Waals surface area contributed by atoms with Crippen LogP contribution < -0.4 is 5.14 Å². The molecule has 0 atom stereocenters. The molecular weight excluding hydrogens is 426 g/mol. The van der Waals surface area contributed by atoms with Crippen molar-refractivity contribution in [2.45, 2.75) is 11.8 Å². The number of sulfonamides is 1. The zero-order valence-electron chi connectivity index (χ0n) is 13.5. The van der Waals surface area contributed by atoms with E-state index in [1.807, 2.05) is 25.1 Å². The number of aromatic nitrogens is 1. The highest BCUT2D eigenvalue weighted by atomic mass is 79.9. The summed E-state index contributed by atoms with van der Waals surface area (Å²) in [5.41, 5.74) is 2.39. The first-order valence-corrected chi connectivity index (χ1v) is 9.76. The first-order valence-electron chi connectivity index (χ1n) is 7.42. The highest BCUT2D eigenvalue weighted by Gasteiger charge is 2.21. The molecule has 0 aliphatic carbocycles. The lowest BCUT2D eigenvalue weighted by atomic mass is 9.98. The molecule has 0 unspecified atom stereocenters. The second kappa shape index (κ2) is 6.86. The topological polar surface area (TPSA) is 73.0 Å². The lowest BCUT2D eigenvalue weighted by Gasteiger charge is -2.12. The van der Waals surface area contributed by atoms with E-state index in [1.54, 1.807) is 18.3 Å². The summed E-state index contributed by atoms with van der Waals surface area (Å²) in [5.74, 6) is -2.03. The Hall–Kier alpha value is -2.16. The number of primary sulfonamides is 1. The highest BCUT2D eigenvalue weighted by Crippen LogP contribution is 2.35. The van der Waals surface area contributed by atoms with Crippen LogP contribution in [0, 0.1) is 18.6 Å². The Balaban J connectivity index is 2.23. The fourth-order valence-electron chi connectivity index (χ4n) is 2.55. The van der Waals surface area contributed by atoms with Crippen LogP contribution in [0.25, 0.3) is 22.4 Å². The van der Waals surface area contributed by atoms with Crippen LogP contribution in [0.3, 0.4) is 0 Å². The molecule has 134 valence electrons. The normalized spacial score (nSPS) is 11.6. The first kappa shape index (κ1) is 18.6. The minimum Gasteiger partial charge on any atom is -0.256 e. The summed E-state index contributed by atoms with van der Waals surface area (Å²) in [6.45, 7) is 1.92. The predicted octanol–water partition coefficient (Wildman–Crippen LogP) is 4.41. The Kier molecular flexibility index (Phi) is 4.92. The summed E-state index contributed by atoms with van der Waals surface area (Å²) in [7, 11) is -4.36. The predicted molar refractivity (Wildman–Crippen MR) is 98.8 cm³/mol. The van der Waals surface area contributed by atoms with Crippen LogP contribution >= 0.6 is 15.9 Å². The van der Waals surface area contributed by atoms with Crippen LogP contribution in [0.1, 0.15) is 5.56 Å². The molecule has 1 aromatic heterocycles. The maximum absolute atomic E-state index is 14.6. The Labute approximate surface area is 157 Å². The fraction of sp³-hybridized carbons (Fsp3) is 0.0556. The zero-order valence-corrected chi connectivity index (χ0v) is 15.9. The molecule has 3 rings (SSSR count). The molecule has 0 aliphatic heterocycles. The molecule has 0 aliphatic rings. The second-order valence-corrected chi connectivity index (χ2v) is 8.06. The first-order chi connectivity index (χ1) is 12.2. The van der Waals surface area contributed by atoms with Crippen molar-refractivity contribution in [2.24, 2.45) is 5.14 Å². The van der Waals surface area contributed by atoms with Crippen LogP contribution in [-0.4, -0.2) is 13.4 Å². The van der Waals surface area contributed by atoms with Gasteiger partial charge in [-0.05, 0) is 36.8 Å². The maximum atomic E-state index is 14.6. The molecule has 0 amide bonds. The third-order valence-electron chi connectivity index (χ3n) is 3.87. The molecular formula is C18H13BrF2N2O2S. The van der Waals surface area contributed by atoms with E-state index >= 15 is 0 Å². The molecule has 2 aromatic carbocycles. The van der Waals surface area contributed by atoms with Gasteiger partial charge in [0.05, 0.1) is 5.69 Å². The zero-order chi connectivity index (χ0) is 19.1. The Morgan fingerprint density at radius 2 is 1.77 bits per heavy atom.